The molecule has 0 atom stereocenters. The molecule has 13 heavy (non-hydrogen) atoms. The predicted octanol–water partition coefficient (Wildman–Crippen LogP) is 4.03. The van der Waals surface area contributed by atoms with Gasteiger partial charge >= 0.3 is 0 Å². The predicted molar refractivity (Wildman–Crippen MR) is 59.6 cm³/mol. The Morgan fingerprint density at radius 3 is 2.62 bits per heavy atom. The molecular weight excluding hydrogens is 156 g/mol. The molecule has 0 nitrogen and oxygen atoms in total. The van der Waals surface area contributed by atoms with Crippen LogP contribution in [0.25, 0.3) is 0 Å². The molecule has 0 aromatic rings. The highest BCUT2D eigenvalue weighted by Crippen LogP contribution is 2.27. The summed E-state index contributed by atoms with van der Waals surface area (Å²) in [4.78, 5) is 0. The van der Waals surface area contributed by atoms with Gasteiger partial charge in [-0.15, -0.1) is 0 Å². The highest BCUT2D eigenvalue weighted by molar-refractivity contribution is 5.44. The van der Waals surface area contributed by atoms with Gasteiger partial charge in [-0.1, -0.05) is 50.3 Å². The molecule has 0 radical (unpaired) electrons. The minimum Gasteiger partial charge on any atom is -0.0871 e. The maximum atomic E-state index is 2.31. The van der Waals surface area contributed by atoms with Gasteiger partial charge in [-0.05, 0) is 25.0 Å². The van der Waals surface area contributed by atoms with Crippen LogP contribution in [0.3, 0.4) is 0 Å². The molecule has 1 rings (SSSR count). The third-order valence-corrected chi connectivity index (χ3v) is 2.20. The van der Waals surface area contributed by atoms with Gasteiger partial charge in [0.05, 0.1) is 0 Å². The van der Waals surface area contributed by atoms with Gasteiger partial charge in [-0.2, -0.15) is 0 Å². The Balaban J connectivity index is 3.09. The van der Waals surface area contributed by atoms with E-state index in [2.05, 4.69) is 64.2 Å². The van der Waals surface area contributed by atoms with Crippen molar-refractivity contribution < 1.29 is 0 Å². The SMILES string of the molecule is C/C=C\C1=CC(C)(C)C=CC=C1C. The maximum absolute atomic E-state index is 2.31. The summed E-state index contributed by atoms with van der Waals surface area (Å²) >= 11 is 0. The lowest BCUT2D eigenvalue weighted by atomic mass is 9.90. The molecule has 0 aromatic carbocycles. The molecule has 0 unspecified atom stereocenters. The molecule has 0 bridgehead atoms. The molecule has 0 heterocycles. The van der Waals surface area contributed by atoms with Crippen LogP contribution in [0.2, 0.25) is 0 Å². The second-order valence-corrected chi connectivity index (χ2v) is 4.13. The van der Waals surface area contributed by atoms with E-state index in [1.165, 1.54) is 11.1 Å². The number of rotatable bonds is 1. The van der Waals surface area contributed by atoms with Gasteiger partial charge in [-0.3, -0.25) is 0 Å². The molecular formula is C13H18. The lowest BCUT2D eigenvalue weighted by Gasteiger charge is -2.14. The van der Waals surface area contributed by atoms with Crippen LogP contribution in [-0.2, 0) is 0 Å². The molecule has 0 fully saturated rings. The molecule has 1 aliphatic rings. The fourth-order valence-corrected chi connectivity index (χ4v) is 1.46. The van der Waals surface area contributed by atoms with E-state index in [1.54, 1.807) is 0 Å². The molecule has 0 saturated carbocycles. The fraction of sp³-hybridized carbons (Fsp3) is 0.385. The Hall–Kier alpha value is -1.04. The minimum absolute atomic E-state index is 0.170. The van der Waals surface area contributed by atoms with Gasteiger partial charge in [0.1, 0.15) is 0 Å². The first-order valence-electron chi connectivity index (χ1n) is 4.77. The molecule has 0 amide bonds. The van der Waals surface area contributed by atoms with Crippen molar-refractivity contribution in [2.45, 2.75) is 27.7 Å². The summed E-state index contributed by atoms with van der Waals surface area (Å²) in [6.45, 7) is 8.65. The highest BCUT2D eigenvalue weighted by Gasteiger charge is 2.12. The fourth-order valence-electron chi connectivity index (χ4n) is 1.46. The summed E-state index contributed by atoms with van der Waals surface area (Å²) in [5.41, 5.74) is 2.83. The van der Waals surface area contributed by atoms with E-state index < -0.39 is 0 Å². The van der Waals surface area contributed by atoms with Gasteiger partial charge in [-0.25, -0.2) is 0 Å². The van der Waals surface area contributed by atoms with Crippen molar-refractivity contribution in [2.24, 2.45) is 5.41 Å². The Bertz CT molecular complexity index is 296. The molecule has 70 valence electrons. The van der Waals surface area contributed by atoms with Crippen molar-refractivity contribution in [2.75, 3.05) is 0 Å². The van der Waals surface area contributed by atoms with Crippen LogP contribution in [0.1, 0.15) is 27.7 Å². The largest absolute Gasteiger partial charge is 0.0871 e. The van der Waals surface area contributed by atoms with E-state index in [9.17, 15) is 0 Å². The topological polar surface area (TPSA) is 0 Å². The lowest BCUT2D eigenvalue weighted by molar-refractivity contribution is 0.624. The zero-order valence-corrected chi connectivity index (χ0v) is 8.96. The van der Waals surface area contributed by atoms with Crippen molar-refractivity contribution in [3.8, 4) is 0 Å². The molecule has 0 aliphatic heterocycles. The van der Waals surface area contributed by atoms with Crippen molar-refractivity contribution in [1.29, 1.82) is 0 Å². The molecule has 0 N–H and O–H groups in total. The van der Waals surface area contributed by atoms with E-state index in [0.717, 1.165) is 0 Å². The van der Waals surface area contributed by atoms with E-state index in [-0.39, 0.29) is 5.41 Å². The van der Waals surface area contributed by atoms with Crippen LogP contribution < -0.4 is 0 Å². The van der Waals surface area contributed by atoms with Crippen LogP contribution in [0.5, 0.6) is 0 Å². The Morgan fingerprint density at radius 1 is 1.31 bits per heavy atom. The normalized spacial score (nSPS) is 21.2. The van der Waals surface area contributed by atoms with Gasteiger partial charge in [0, 0.05) is 5.41 Å². The molecule has 0 saturated heterocycles. The summed E-state index contributed by atoms with van der Waals surface area (Å²) < 4.78 is 0. The van der Waals surface area contributed by atoms with Crippen LogP contribution in [-0.4, -0.2) is 0 Å². The first-order chi connectivity index (χ1) is 6.05. The van der Waals surface area contributed by atoms with Gasteiger partial charge in [0.2, 0.25) is 0 Å². The van der Waals surface area contributed by atoms with Crippen LogP contribution in [0.15, 0.2) is 47.6 Å². The van der Waals surface area contributed by atoms with Gasteiger partial charge in [0.15, 0.2) is 0 Å². The number of hydrogen-bond donors (Lipinski definition) is 0. The Morgan fingerprint density at radius 2 is 2.00 bits per heavy atom. The summed E-state index contributed by atoms with van der Waals surface area (Å²) in [7, 11) is 0. The molecule has 0 aromatic heterocycles. The van der Waals surface area contributed by atoms with Gasteiger partial charge in [0.25, 0.3) is 0 Å². The van der Waals surface area contributed by atoms with E-state index in [1.807, 2.05) is 0 Å². The summed E-state index contributed by atoms with van der Waals surface area (Å²) in [6.07, 6.45) is 13.1. The van der Waals surface area contributed by atoms with Crippen molar-refractivity contribution in [3.63, 3.8) is 0 Å². The lowest BCUT2D eigenvalue weighted by Crippen LogP contribution is -2.02. The van der Waals surface area contributed by atoms with Crippen molar-refractivity contribution in [1.82, 2.24) is 0 Å². The quantitative estimate of drug-likeness (QED) is 0.563. The third kappa shape index (κ3) is 2.73. The standard InChI is InChI=1S/C13H18/c1-5-7-12-10-13(3,4)9-6-8-11(12)2/h5-10H,1-4H3/b7-5-. The number of allylic oxidation sites excluding steroid dienone is 8. The number of hydrogen-bond acceptors (Lipinski definition) is 0. The summed E-state index contributed by atoms with van der Waals surface area (Å²) in [5, 5.41) is 0. The van der Waals surface area contributed by atoms with Crippen molar-refractivity contribution >= 4 is 0 Å². The first kappa shape index (κ1) is 10.0. The van der Waals surface area contributed by atoms with Gasteiger partial charge < -0.3 is 0 Å². The summed E-state index contributed by atoms with van der Waals surface area (Å²) in [5.74, 6) is 0. The monoisotopic (exact) mass is 174 g/mol. The summed E-state index contributed by atoms with van der Waals surface area (Å²) in [6, 6.07) is 0. The van der Waals surface area contributed by atoms with Crippen LogP contribution in [0.4, 0.5) is 0 Å². The molecule has 1 aliphatic carbocycles. The maximum Gasteiger partial charge on any atom is 0.00166 e. The van der Waals surface area contributed by atoms with E-state index in [0.29, 0.717) is 0 Å². The zero-order chi connectivity index (χ0) is 9.90. The average molecular weight is 174 g/mol. The molecule has 0 heteroatoms. The molecule has 0 spiro atoms. The van der Waals surface area contributed by atoms with Crippen molar-refractivity contribution in [3.05, 3.63) is 47.6 Å². The second kappa shape index (κ2) is 3.78. The van der Waals surface area contributed by atoms with E-state index >= 15 is 0 Å². The Labute approximate surface area is 81.4 Å². The second-order valence-electron chi connectivity index (χ2n) is 4.13. The Kier molecular flexibility index (Phi) is 2.92. The first-order valence-corrected chi connectivity index (χ1v) is 4.77. The minimum atomic E-state index is 0.170. The van der Waals surface area contributed by atoms with Crippen LogP contribution in [0, 0.1) is 5.41 Å². The van der Waals surface area contributed by atoms with E-state index in [4.69, 9.17) is 0 Å². The highest BCUT2D eigenvalue weighted by atomic mass is 14.2. The van der Waals surface area contributed by atoms with Crippen LogP contribution >= 0.6 is 0 Å². The third-order valence-electron chi connectivity index (χ3n) is 2.20. The zero-order valence-electron chi connectivity index (χ0n) is 8.96. The smallest absolute Gasteiger partial charge is 0.00166 e. The average Bonchev–Trinajstić information content (AvgIpc) is 2.12.